The van der Waals surface area contributed by atoms with Crippen molar-refractivity contribution in [2.75, 3.05) is 33.8 Å². The van der Waals surface area contributed by atoms with Crippen LogP contribution in [0.25, 0.3) is 0 Å². The highest BCUT2D eigenvalue weighted by atomic mass is 16.5. The Labute approximate surface area is 133 Å². The van der Waals surface area contributed by atoms with Gasteiger partial charge in [-0.2, -0.15) is 0 Å². The van der Waals surface area contributed by atoms with Crippen LogP contribution in [-0.2, 0) is 6.54 Å². The summed E-state index contributed by atoms with van der Waals surface area (Å²) in [7, 11) is 4.09. The van der Waals surface area contributed by atoms with E-state index in [1.165, 1.54) is 12.8 Å². The molecule has 0 atom stereocenters. The molecule has 1 aliphatic rings. The lowest BCUT2D eigenvalue weighted by atomic mass is 10.2. The number of aliphatic imine (C=N–C) groups is 1. The van der Waals surface area contributed by atoms with E-state index in [4.69, 9.17) is 4.74 Å². The van der Waals surface area contributed by atoms with E-state index in [0.29, 0.717) is 19.2 Å². The molecule has 0 radical (unpaired) electrons. The van der Waals surface area contributed by atoms with Gasteiger partial charge in [-0.1, -0.05) is 12.1 Å². The molecule has 2 rings (SSSR count). The van der Waals surface area contributed by atoms with Gasteiger partial charge in [-0.05, 0) is 51.6 Å². The van der Waals surface area contributed by atoms with E-state index in [2.05, 4.69) is 39.6 Å². The van der Waals surface area contributed by atoms with Crippen molar-refractivity contribution in [3.63, 3.8) is 0 Å². The molecule has 0 aromatic heterocycles. The number of benzene rings is 1. The summed E-state index contributed by atoms with van der Waals surface area (Å²) < 4.78 is 5.76. The highest BCUT2D eigenvalue weighted by Gasteiger charge is 2.21. The van der Waals surface area contributed by atoms with Gasteiger partial charge in [-0.25, -0.2) is 4.99 Å². The number of nitrogens with one attached hydrogen (secondary N) is 2. The van der Waals surface area contributed by atoms with E-state index < -0.39 is 0 Å². The fraction of sp³-hybridized carbons (Fsp3) is 0.588. The average Bonchev–Trinajstić information content (AvgIpc) is 3.29. The number of guanidine groups is 1. The highest BCUT2D eigenvalue weighted by molar-refractivity contribution is 5.80. The van der Waals surface area contributed by atoms with Crippen molar-refractivity contribution < 1.29 is 4.74 Å². The molecule has 22 heavy (non-hydrogen) atoms. The third kappa shape index (κ3) is 6.35. The first-order chi connectivity index (χ1) is 10.7. The second-order valence-electron chi connectivity index (χ2n) is 5.91. The highest BCUT2D eigenvalue weighted by Crippen LogP contribution is 2.18. The summed E-state index contributed by atoms with van der Waals surface area (Å²) in [5, 5.41) is 6.71. The molecule has 5 nitrogen and oxygen atoms in total. The fourth-order valence-electron chi connectivity index (χ4n) is 1.99. The van der Waals surface area contributed by atoms with Gasteiger partial charge in [0.1, 0.15) is 12.4 Å². The Bertz CT molecular complexity index is 483. The van der Waals surface area contributed by atoms with Crippen molar-refractivity contribution in [1.82, 2.24) is 15.5 Å². The number of hydrogen-bond acceptors (Lipinski definition) is 3. The molecular formula is C17H28N4O. The number of hydrogen-bond donors (Lipinski definition) is 2. The van der Waals surface area contributed by atoms with Crippen LogP contribution in [0, 0.1) is 0 Å². The normalized spacial score (nSPS) is 15.0. The summed E-state index contributed by atoms with van der Waals surface area (Å²) in [5.74, 6) is 1.82. The summed E-state index contributed by atoms with van der Waals surface area (Å²) >= 11 is 0. The first-order valence-corrected chi connectivity index (χ1v) is 8.08. The van der Waals surface area contributed by atoms with Gasteiger partial charge in [-0.3, -0.25) is 0 Å². The zero-order valence-corrected chi connectivity index (χ0v) is 13.9. The minimum Gasteiger partial charge on any atom is -0.492 e. The maximum atomic E-state index is 5.76. The quantitative estimate of drug-likeness (QED) is 0.568. The lowest BCUT2D eigenvalue weighted by molar-refractivity contribution is 0.261. The molecule has 1 aromatic carbocycles. The maximum Gasteiger partial charge on any atom is 0.191 e. The van der Waals surface area contributed by atoms with Crippen LogP contribution in [0.2, 0.25) is 0 Å². The molecule has 0 spiro atoms. The Kier molecular flexibility index (Phi) is 6.52. The van der Waals surface area contributed by atoms with Crippen molar-refractivity contribution in [2.45, 2.75) is 32.4 Å². The zero-order valence-electron chi connectivity index (χ0n) is 13.9. The monoisotopic (exact) mass is 304 g/mol. The first-order valence-electron chi connectivity index (χ1n) is 8.08. The van der Waals surface area contributed by atoms with E-state index in [0.717, 1.165) is 30.4 Å². The molecule has 0 aliphatic heterocycles. The van der Waals surface area contributed by atoms with Crippen LogP contribution in [0.3, 0.4) is 0 Å². The molecule has 1 fully saturated rings. The van der Waals surface area contributed by atoms with Crippen molar-refractivity contribution in [3.05, 3.63) is 29.8 Å². The molecule has 0 amide bonds. The Morgan fingerprint density at radius 3 is 2.86 bits per heavy atom. The molecular weight excluding hydrogens is 276 g/mol. The van der Waals surface area contributed by atoms with Gasteiger partial charge in [0.05, 0.1) is 6.54 Å². The molecule has 1 saturated carbocycles. The lowest BCUT2D eigenvalue weighted by Crippen LogP contribution is -2.38. The molecule has 0 bridgehead atoms. The Balaban J connectivity index is 1.87. The molecule has 1 aromatic rings. The van der Waals surface area contributed by atoms with Crippen LogP contribution in [0.5, 0.6) is 5.75 Å². The van der Waals surface area contributed by atoms with Crippen LogP contribution in [0.4, 0.5) is 0 Å². The van der Waals surface area contributed by atoms with Crippen molar-refractivity contribution >= 4 is 5.96 Å². The fourth-order valence-corrected chi connectivity index (χ4v) is 1.99. The van der Waals surface area contributed by atoms with E-state index in [1.807, 2.05) is 26.2 Å². The van der Waals surface area contributed by atoms with Gasteiger partial charge in [0.2, 0.25) is 0 Å². The van der Waals surface area contributed by atoms with Gasteiger partial charge >= 0.3 is 0 Å². The summed E-state index contributed by atoms with van der Waals surface area (Å²) in [5.41, 5.74) is 1.16. The summed E-state index contributed by atoms with van der Waals surface area (Å²) in [6.45, 7) is 5.24. The maximum absolute atomic E-state index is 5.76. The van der Waals surface area contributed by atoms with E-state index in [9.17, 15) is 0 Å². The Morgan fingerprint density at radius 1 is 1.36 bits per heavy atom. The number of ether oxygens (including phenoxy) is 1. The largest absolute Gasteiger partial charge is 0.492 e. The van der Waals surface area contributed by atoms with Crippen LogP contribution >= 0.6 is 0 Å². The second-order valence-corrected chi connectivity index (χ2v) is 5.91. The average molecular weight is 304 g/mol. The topological polar surface area (TPSA) is 48.9 Å². The standard InChI is InChI=1S/C17H28N4O/c1-4-18-17(20-15-8-9-15)19-13-14-6-5-7-16(12-14)22-11-10-21(2)3/h5-7,12,15H,4,8-11,13H2,1-3H3,(H2,18,19,20). The first kappa shape index (κ1) is 16.6. The van der Waals surface area contributed by atoms with Crippen molar-refractivity contribution in [2.24, 2.45) is 4.99 Å². The molecule has 0 unspecified atom stereocenters. The van der Waals surface area contributed by atoms with Gasteiger partial charge in [0.25, 0.3) is 0 Å². The van der Waals surface area contributed by atoms with Crippen LogP contribution in [0.1, 0.15) is 25.3 Å². The van der Waals surface area contributed by atoms with Gasteiger partial charge in [-0.15, -0.1) is 0 Å². The third-order valence-electron chi connectivity index (χ3n) is 3.39. The Hall–Kier alpha value is -1.75. The zero-order chi connectivity index (χ0) is 15.8. The van der Waals surface area contributed by atoms with E-state index >= 15 is 0 Å². The van der Waals surface area contributed by atoms with Gasteiger partial charge in [0, 0.05) is 19.1 Å². The predicted octanol–water partition coefficient (Wildman–Crippen LogP) is 1.84. The summed E-state index contributed by atoms with van der Waals surface area (Å²) in [4.78, 5) is 6.76. The number of likely N-dealkylation sites (N-methyl/N-ethyl adjacent to an activating group) is 1. The number of rotatable bonds is 8. The summed E-state index contributed by atoms with van der Waals surface area (Å²) in [6, 6.07) is 8.79. The number of nitrogens with zero attached hydrogens (tertiary/aromatic N) is 2. The van der Waals surface area contributed by atoms with Gasteiger partial charge < -0.3 is 20.3 Å². The van der Waals surface area contributed by atoms with E-state index in [1.54, 1.807) is 0 Å². The third-order valence-corrected chi connectivity index (χ3v) is 3.39. The predicted molar refractivity (Wildman–Crippen MR) is 91.5 cm³/mol. The van der Waals surface area contributed by atoms with Crippen LogP contribution in [0.15, 0.2) is 29.3 Å². The smallest absolute Gasteiger partial charge is 0.191 e. The molecule has 0 saturated heterocycles. The molecule has 2 N–H and O–H groups in total. The molecule has 0 heterocycles. The minimum atomic E-state index is 0.610. The molecule has 1 aliphatic carbocycles. The van der Waals surface area contributed by atoms with Crippen LogP contribution in [-0.4, -0.2) is 50.7 Å². The second kappa shape index (κ2) is 8.63. The molecule has 122 valence electrons. The van der Waals surface area contributed by atoms with Crippen LogP contribution < -0.4 is 15.4 Å². The molecule has 5 heteroatoms. The minimum absolute atomic E-state index is 0.610. The van der Waals surface area contributed by atoms with E-state index in [-0.39, 0.29) is 0 Å². The summed E-state index contributed by atoms with van der Waals surface area (Å²) in [6.07, 6.45) is 2.50. The van der Waals surface area contributed by atoms with Crippen molar-refractivity contribution in [1.29, 1.82) is 0 Å². The Morgan fingerprint density at radius 2 is 2.18 bits per heavy atom. The lowest BCUT2D eigenvalue weighted by Gasteiger charge is -2.12. The SMILES string of the molecule is CCNC(=NCc1cccc(OCCN(C)C)c1)NC1CC1. The van der Waals surface area contributed by atoms with Gasteiger partial charge in [0.15, 0.2) is 5.96 Å². The van der Waals surface area contributed by atoms with Crippen molar-refractivity contribution in [3.8, 4) is 5.75 Å².